The van der Waals surface area contributed by atoms with Crippen molar-refractivity contribution in [3.05, 3.63) is 35.9 Å². The van der Waals surface area contributed by atoms with Crippen molar-refractivity contribution in [1.82, 2.24) is 10.2 Å². The van der Waals surface area contributed by atoms with E-state index < -0.39 is 0 Å². The summed E-state index contributed by atoms with van der Waals surface area (Å²) < 4.78 is 4.94. The number of ether oxygens (including phenoxy) is 1. The molecule has 0 bridgehead atoms. The number of carbonyl (C=O) groups excluding carboxylic acids is 1. The molecule has 0 spiro atoms. The Bertz CT molecular complexity index is 327. The highest BCUT2D eigenvalue weighted by molar-refractivity contribution is 5.73. The molecular weight excluding hydrogens is 216 g/mol. The molecule has 4 nitrogen and oxygen atoms in total. The van der Waals surface area contributed by atoms with Gasteiger partial charge in [0.1, 0.15) is 0 Å². The molecular formula is C13H20N2O2. The Labute approximate surface area is 103 Å². The van der Waals surface area contributed by atoms with Gasteiger partial charge in [-0.05, 0) is 12.0 Å². The average molecular weight is 236 g/mol. The van der Waals surface area contributed by atoms with Gasteiger partial charge in [-0.25, -0.2) is 4.79 Å². The lowest BCUT2D eigenvalue weighted by atomic mass is 10.2. The third-order valence-electron chi connectivity index (χ3n) is 2.48. The van der Waals surface area contributed by atoms with Crippen LogP contribution in [0.25, 0.3) is 0 Å². The van der Waals surface area contributed by atoms with E-state index in [1.807, 2.05) is 30.3 Å². The first-order chi connectivity index (χ1) is 8.24. The molecule has 0 fully saturated rings. The zero-order valence-corrected chi connectivity index (χ0v) is 10.5. The lowest BCUT2D eigenvalue weighted by Gasteiger charge is -2.17. The van der Waals surface area contributed by atoms with Gasteiger partial charge in [0.05, 0.1) is 0 Å². The van der Waals surface area contributed by atoms with Gasteiger partial charge < -0.3 is 15.0 Å². The number of methoxy groups -OCH3 is 1. The topological polar surface area (TPSA) is 41.6 Å². The average Bonchev–Trinajstić information content (AvgIpc) is 2.37. The molecule has 0 radical (unpaired) electrons. The minimum absolute atomic E-state index is 0.0510. The Balaban J connectivity index is 2.24. The molecule has 0 atom stereocenters. The molecule has 17 heavy (non-hydrogen) atoms. The lowest BCUT2D eigenvalue weighted by Crippen LogP contribution is -2.37. The van der Waals surface area contributed by atoms with Crippen LogP contribution < -0.4 is 5.32 Å². The van der Waals surface area contributed by atoms with Crippen molar-refractivity contribution in [2.45, 2.75) is 13.0 Å². The van der Waals surface area contributed by atoms with Crippen molar-refractivity contribution in [3.63, 3.8) is 0 Å². The predicted octanol–water partition coefficient (Wildman–Crippen LogP) is 1.86. The van der Waals surface area contributed by atoms with Gasteiger partial charge in [0, 0.05) is 33.9 Å². The summed E-state index contributed by atoms with van der Waals surface area (Å²) in [6.45, 7) is 1.94. The van der Waals surface area contributed by atoms with Crippen molar-refractivity contribution in [2.75, 3.05) is 27.3 Å². The molecule has 0 heterocycles. The zero-order valence-electron chi connectivity index (χ0n) is 10.5. The van der Waals surface area contributed by atoms with Gasteiger partial charge in [-0.2, -0.15) is 0 Å². The number of rotatable bonds is 6. The third kappa shape index (κ3) is 5.36. The summed E-state index contributed by atoms with van der Waals surface area (Å²) in [7, 11) is 3.45. The second kappa shape index (κ2) is 7.68. The standard InChI is InChI=1S/C13H20N2O2/c1-15(9-6-10-17-2)13(16)14-11-12-7-4-3-5-8-12/h3-5,7-8H,6,9-11H2,1-2H3,(H,14,16). The van der Waals surface area contributed by atoms with Crippen LogP contribution in [0.3, 0.4) is 0 Å². The van der Waals surface area contributed by atoms with Crippen LogP contribution >= 0.6 is 0 Å². The van der Waals surface area contributed by atoms with E-state index in [1.165, 1.54) is 0 Å². The number of nitrogens with zero attached hydrogens (tertiary/aromatic N) is 1. The Kier molecular flexibility index (Phi) is 6.10. The third-order valence-corrected chi connectivity index (χ3v) is 2.48. The molecule has 0 unspecified atom stereocenters. The summed E-state index contributed by atoms with van der Waals surface area (Å²) in [5.41, 5.74) is 1.10. The van der Waals surface area contributed by atoms with Crippen LogP contribution in [0.1, 0.15) is 12.0 Å². The maximum atomic E-state index is 11.7. The van der Waals surface area contributed by atoms with Crippen molar-refractivity contribution in [1.29, 1.82) is 0 Å². The molecule has 94 valence electrons. The molecule has 4 heteroatoms. The number of urea groups is 1. The highest BCUT2D eigenvalue weighted by Gasteiger charge is 2.06. The molecule has 0 aliphatic heterocycles. The molecule has 1 aromatic carbocycles. The number of hydrogen-bond acceptors (Lipinski definition) is 2. The van der Waals surface area contributed by atoms with Crippen molar-refractivity contribution in [3.8, 4) is 0 Å². The minimum Gasteiger partial charge on any atom is -0.385 e. The SMILES string of the molecule is COCCCN(C)C(=O)NCc1ccccc1. The van der Waals surface area contributed by atoms with Crippen LogP contribution in [0.4, 0.5) is 4.79 Å². The van der Waals surface area contributed by atoms with Crippen LogP contribution in [0, 0.1) is 0 Å². The molecule has 0 aromatic heterocycles. The molecule has 1 N–H and O–H groups in total. The van der Waals surface area contributed by atoms with Crippen LogP contribution in [0.15, 0.2) is 30.3 Å². The Hall–Kier alpha value is -1.55. The summed E-state index contributed by atoms with van der Waals surface area (Å²) in [5, 5.41) is 2.87. The lowest BCUT2D eigenvalue weighted by molar-refractivity contribution is 0.175. The van der Waals surface area contributed by atoms with E-state index in [-0.39, 0.29) is 6.03 Å². The Morgan fingerprint density at radius 3 is 2.71 bits per heavy atom. The van der Waals surface area contributed by atoms with Gasteiger partial charge in [-0.1, -0.05) is 30.3 Å². The normalized spacial score (nSPS) is 10.0. The molecule has 0 saturated carbocycles. The fraction of sp³-hybridized carbons (Fsp3) is 0.462. The maximum absolute atomic E-state index is 11.7. The van der Waals surface area contributed by atoms with Crippen molar-refractivity contribution >= 4 is 6.03 Å². The largest absolute Gasteiger partial charge is 0.385 e. The van der Waals surface area contributed by atoms with E-state index in [4.69, 9.17) is 4.74 Å². The fourth-order valence-corrected chi connectivity index (χ4v) is 1.46. The van der Waals surface area contributed by atoms with Crippen LogP contribution in [0.5, 0.6) is 0 Å². The highest BCUT2D eigenvalue weighted by Crippen LogP contribution is 1.98. The molecule has 2 amide bonds. The number of carbonyl (C=O) groups is 1. The van der Waals surface area contributed by atoms with E-state index in [1.54, 1.807) is 19.1 Å². The first-order valence-electron chi connectivity index (χ1n) is 5.76. The molecule has 0 saturated heterocycles. The van der Waals surface area contributed by atoms with Gasteiger partial charge in [0.25, 0.3) is 0 Å². The first kappa shape index (κ1) is 13.5. The summed E-state index contributed by atoms with van der Waals surface area (Å²) in [6.07, 6.45) is 0.853. The van der Waals surface area contributed by atoms with Gasteiger partial charge in [-0.15, -0.1) is 0 Å². The summed E-state index contributed by atoms with van der Waals surface area (Å²) in [4.78, 5) is 13.4. The van der Waals surface area contributed by atoms with Crippen LogP contribution in [-0.2, 0) is 11.3 Å². The van der Waals surface area contributed by atoms with E-state index in [2.05, 4.69) is 5.32 Å². The molecule has 0 aliphatic rings. The van der Waals surface area contributed by atoms with Crippen LogP contribution in [0.2, 0.25) is 0 Å². The first-order valence-corrected chi connectivity index (χ1v) is 5.76. The number of hydrogen-bond donors (Lipinski definition) is 1. The molecule has 1 rings (SSSR count). The fourth-order valence-electron chi connectivity index (χ4n) is 1.46. The summed E-state index contributed by atoms with van der Waals surface area (Å²) in [6, 6.07) is 9.82. The van der Waals surface area contributed by atoms with E-state index in [9.17, 15) is 4.79 Å². The second-order valence-electron chi connectivity index (χ2n) is 3.91. The monoisotopic (exact) mass is 236 g/mol. The Morgan fingerprint density at radius 2 is 2.06 bits per heavy atom. The number of nitrogens with one attached hydrogen (secondary N) is 1. The van der Waals surface area contributed by atoms with E-state index in [0.29, 0.717) is 19.7 Å². The van der Waals surface area contributed by atoms with Gasteiger partial charge >= 0.3 is 6.03 Å². The van der Waals surface area contributed by atoms with Crippen molar-refractivity contribution in [2.24, 2.45) is 0 Å². The van der Waals surface area contributed by atoms with Gasteiger partial charge in [0.2, 0.25) is 0 Å². The Morgan fingerprint density at radius 1 is 1.35 bits per heavy atom. The molecule has 0 aliphatic carbocycles. The number of amides is 2. The highest BCUT2D eigenvalue weighted by atomic mass is 16.5. The van der Waals surface area contributed by atoms with Crippen molar-refractivity contribution < 1.29 is 9.53 Å². The van der Waals surface area contributed by atoms with Gasteiger partial charge in [0.15, 0.2) is 0 Å². The molecule has 1 aromatic rings. The number of benzene rings is 1. The summed E-state index contributed by atoms with van der Waals surface area (Å²) in [5.74, 6) is 0. The van der Waals surface area contributed by atoms with Gasteiger partial charge in [-0.3, -0.25) is 0 Å². The van der Waals surface area contributed by atoms with E-state index >= 15 is 0 Å². The summed E-state index contributed by atoms with van der Waals surface area (Å²) >= 11 is 0. The quantitative estimate of drug-likeness (QED) is 0.766. The zero-order chi connectivity index (χ0) is 12.5. The van der Waals surface area contributed by atoms with E-state index in [0.717, 1.165) is 12.0 Å². The minimum atomic E-state index is -0.0510. The predicted molar refractivity (Wildman–Crippen MR) is 67.8 cm³/mol. The second-order valence-corrected chi connectivity index (χ2v) is 3.91. The maximum Gasteiger partial charge on any atom is 0.317 e. The smallest absolute Gasteiger partial charge is 0.317 e. The van der Waals surface area contributed by atoms with Crippen LogP contribution in [-0.4, -0.2) is 38.2 Å².